The Bertz CT molecular complexity index is 399. The van der Waals surface area contributed by atoms with E-state index in [1.165, 1.54) is 0 Å². The number of hydrogen-bond acceptors (Lipinski definition) is 4. The molecule has 1 saturated carbocycles. The molecule has 1 aliphatic rings. The van der Waals surface area contributed by atoms with Gasteiger partial charge in [0.1, 0.15) is 5.82 Å². The summed E-state index contributed by atoms with van der Waals surface area (Å²) in [7, 11) is 0. The summed E-state index contributed by atoms with van der Waals surface area (Å²) in [5, 5.41) is 9.61. The zero-order valence-electron chi connectivity index (χ0n) is 10.9. The lowest BCUT2D eigenvalue weighted by Crippen LogP contribution is -2.48. The van der Waals surface area contributed by atoms with Crippen molar-refractivity contribution in [3.8, 4) is 0 Å². The van der Waals surface area contributed by atoms with E-state index in [4.69, 9.17) is 4.74 Å². The quantitative estimate of drug-likeness (QED) is 0.793. The van der Waals surface area contributed by atoms with Crippen LogP contribution in [0.25, 0.3) is 0 Å². The van der Waals surface area contributed by atoms with Gasteiger partial charge in [0.25, 0.3) is 5.91 Å². The number of hydrogen-bond donors (Lipinski definition) is 2. The number of nitrogens with one attached hydrogen (secondary N) is 2. The zero-order chi connectivity index (χ0) is 13.0. The van der Waals surface area contributed by atoms with Gasteiger partial charge in [-0.25, -0.2) is 4.98 Å². The van der Waals surface area contributed by atoms with Crippen molar-refractivity contribution < 1.29 is 9.53 Å². The van der Waals surface area contributed by atoms with Gasteiger partial charge in [0.05, 0.1) is 6.10 Å². The van der Waals surface area contributed by atoms with E-state index in [9.17, 15) is 4.79 Å². The summed E-state index contributed by atoms with van der Waals surface area (Å²) < 4.78 is 5.44. The highest BCUT2D eigenvalue weighted by Crippen LogP contribution is 2.23. The predicted molar refractivity (Wildman–Crippen MR) is 66.3 cm³/mol. The van der Waals surface area contributed by atoms with Crippen molar-refractivity contribution >= 4 is 5.91 Å². The average Bonchev–Trinajstić information content (AvgIpc) is 2.75. The molecular weight excluding hydrogens is 232 g/mol. The van der Waals surface area contributed by atoms with Crippen LogP contribution >= 0.6 is 0 Å². The van der Waals surface area contributed by atoms with Crippen LogP contribution in [0.4, 0.5) is 0 Å². The average molecular weight is 252 g/mol. The van der Waals surface area contributed by atoms with Crippen LogP contribution in [0.15, 0.2) is 0 Å². The lowest BCUT2D eigenvalue weighted by molar-refractivity contribution is -0.00871. The molecule has 1 amide bonds. The molecule has 100 valence electrons. The molecule has 1 aliphatic carbocycles. The van der Waals surface area contributed by atoms with Crippen molar-refractivity contribution in [3.05, 3.63) is 11.6 Å². The SMILES string of the molecule is CCCc1nc(C(=O)NC2CC(OCC)C2)n[nH]1. The summed E-state index contributed by atoms with van der Waals surface area (Å²) in [6, 6.07) is 0.196. The van der Waals surface area contributed by atoms with E-state index in [0.29, 0.717) is 6.10 Å². The number of amides is 1. The lowest BCUT2D eigenvalue weighted by atomic mass is 9.89. The Morgan fingerprint density at radius 3 is 2.94 bits per heavy atom. The second-order valence-corrected chi connectivity index (χ2v) is 4.57. The van der Waals surface area contributed by atoms with Gasteiger partial charge in [0.2, 0.25) is 5.82 Å². The molecule has 2 rings (SSSR count). The number of carbonyl (C=O) groups is 1. The van der Waals surface area contributed by atoms with E-state index >= 15 is 0 Å². The Kier molecular flexibility index (Phi) is 4.30. The molecule has 1 aromatic heterocycles. The van der Waals surface area contributed by atoms with Crippen LogP contribution in [0, 0.1) is 0 Å². The lowest BCUT2D eigenvalue weighted by Gasteiger charge is -2.34. The van der Waals surface area contributed by atoms with Crippen LogP contribution in [-0.2, 0) is 11.2 Å². The molecule has 0 saturated heterocycles. The molecule has 6 nitrogen and oxygen atoms in total. The first-order valence-corrected chi connectivity index (χ1v) is 6.56. The standard InChI is InChI=1S/C12H20N4O2/c1-3-5-10-14-11(16-15-10)12(17)13-8-6-9(7-8)18-4-2/h8-9H,3-7H2,1-2H3,(H,13,17)(H,14,15,16). The minimum Gasteiger partial charge on any atom is -0.378 e. The van der Waals surface area contributed by atoms with E-state index in [2.05, 4.69) is 27.4 Å². The van der Waals surface area contributed by atoms with Crippen LogP contribution in [-0.4, -0.2) is 39.8 Å². The third-order valence-electron chi connectivity index (χ3n) is 3.05. The molecule has 1 fully saturated rings. The highest BCUT2D eigenvalue weighted by molar-refractivity contribution is 5.90. The summed E-state index contributed by atoms with van der Waals surface area (Å²) in [5.74, 6) is 0.801. The molecule has 6 heteroatoms. The molecule has 0 aliphatic heterocycles. The molecule has 0 atom stereocenters. The van der Waals surface area contributed by atoms with Crippen molar-refractivity contribution in [1.82, 2.24) is 20.5 Å². The maximum absolute atomic E-state index is 11.8. The number of aromatic nitrogens is 3. The van der Waals surface area contributed by atoms with Crippen molar-refractivity contribution in [1.29, 1.82) is 0 Å². The molecule has 1 heterocycles. The normalized spacial score (nSPS) is 22.6. The number of rotatable bonds is 6. The molecule has 0 radical (unpaired) electrons. The maximum atomic E-state index is 11.8. The second-order valence-electron chi connectivity index (χ2n) is 4.57. The third-order valence-corrected chi connectivity index (χ3v) is 3.05. The maximum Gasteiger partial charge on any atom is 0.291 e. The smallest absolute Gasteiger partial charge is 0.291 e. The molecule has 1 aromatic rings. The molecule has 0 bridgehead atoms. The van der Waals surface area contributed by atoms with Crippen LogP contribution in [0.2, 0.25) is 0 Å². The molecular formula is C12H20N4O2. The van der Waals surface area contributed by atoms with E-state index in [-0.39, 0.29) is 17.8 Å². The van der Waals surface area contributed by atoms with Gasteiger partial charge in [-0.3, -0.25) is 9.89 Å². The van der Waals surface area contributed by atoms with E-state index in [0.717, 1.165) is 38.1 Å². The van der Waals surface area contributed by atoms with E-state index in [1.807, 2.05) is 6.92 Å². The van der Waals surface area contributed by atoms with Crippen LogP contribution in [0.5, 0.6) is 0 Å². The Hall–Kier alpha value is -1.43. The highest BCUT2D eigenvalue weighted by Gasteiger charge is 2.31. The van der Waals surface area contributed by atoms with Gasteiger partial charge in [0.15, 0.2) is 0 Å². The first-order valence-electron chi connectivity index (χ1n) is 6.56. The Morgan fingerprint density at radius 1 is 1.50 bits per heavy atom. The first-order chi connectivity index (χ1) is 8.72. The predicted octanol–water partition coefficient (Wildman–Crippen LogP) is 1.05. The van der Waals surface area contributed by atoms with Gasteiger partial charge in [-0.1, -0.05) is 6.92 Å². The van der Waals surface area contributed by atoms with Gasteiger partial charge in [-0.2, -0.15) is 0 Å². The minimum absolute atomic E-state index is 0.196. The number of nitrogens with zero attached hydrogens (tertiary/aromatic N) is 2. The fourth-order valence-corrected chi connectivity index (χ4v) is 2.05. The molecule has 0 spiro atoms. The summed E-state index contributed by atoms with van der Waals surface area (Å²) in [4.78, 5) is 16.0. The fourth-order valence-electron chi connectivity index (χ4n) is 2.05. The van der Waals surface area contributed by atoms with Gasteiger partial charge in [-0.15, -0.1) is 5.10 Å². The minimum atomic E-state index is -0.200. The summed E-state index contributed by atoms with van der Waals surface area (Å²) in [5.41, 5.74) is 0. The summed E-state index contributed by atoms with van der Waals surface area (Å²) in [6.45, 7) is 4.77. The van der Waals surface area contributed by atoms with Gasteiger partial charge in [0, 0.05) is 19.1 Å². The van der Waals surface area contributed by atoms with Crippen molar-refractivity contribution in [2.45, 2.75) is 51.7 Å². The Balaban J connectivity index is 1.78. The third kappa shape index (κ3) is 3.07. The number of aromatic amines is 1. The molecule has 0 aromatic carbocycles. The van der Waals surface area contributed by atoms with Crippen LogP contribution in [0.3, 0.4) is 0 Å². The van der Waals surface area contributed by atoms with Crippen molar-refractivity contribution in [3.63, 3.8) is 0 Å². The van der Waals surface area contributed by atoms with E-state index < -0.39 is 0 Å². The van der Waals surface area contributed by atoms with Crippen molar-refractivity contribution in [2.24, 2.45) is 0 Å². The topological polar surface area (TPSA) is 79.9 Å². The Morgan fingerprint density at radius 2 is 2.28 bits per heavy atom. The zero-order valence-corrected chi connectivity index (χ0v) is 10.9. The number of ether oxygens (including phenoxy) is 1. The van der Waals surface area contributed by atoms with Gasteiger partial charge in [-0.05, 0) is 26.2 Å². The van der Waals surface area contributed by atoms with Crippen molar-refractivity contribution in [2.75, 3.05) is 6.61 Å². The molecule has 0 unspecified atom stereocenters. The second kappa shape index (κ2) is 5.95. The summed E-state index contributed by atoms with van der Waals surface area (Å²) >= 11 is 0. The fraction of sp³-hybridized carbons (Fsp3) is 0.750. The Labute approximate surface area is 107 Å². The number of H-pyrrole nitrogens is 1. The first kappa shape index (κ1) is 13.0. The van der Waals surface area contributed by atoms with Gasteiger partial charge >= 0.3 is 0 Å². The summed E-state index contributed by atoms with van der Waals surface area (Å²) in [6.07, 6.45) is 3.85. The van der Waals surface area contributed by atoms with Gasteiger partial charge < -0.3 is 10.1 Å². The molecule has 2 N–H and O–H groups in total. The van der Waals surface area contributed by atoms with Crippen LogP contribution < -0.4 is 5.32 Å². The molecule has 18 heavy (non-hydrogen) atoms. The van der Waals surface area contributed by atoms with E-state index in [1.54, 1.807) is 0 Å². The number of aryl methyl sites for hydroxylation is 1. The largest absolute Gasteiger partial charge is 0.378 e. The highest BCUT2D eigenvalue weighted by atomic mass is 16.5. The number of carbonyl (C=O) groups excluding carboxylic acids is 1. The monoisotopic (exact) mass is 252 g/mol. The van der Waals surface area contributed by atoms with Crippen LogP contribution in [0.1, 0.15) is 49.6 Å².